The molecule has 1 aromatic rings. The Labute approximate surface area is 161 Å². The molecule has 1 fully saturated rings. The number of aliphatic carboxylic acids is 1. The third kappa shape index (κ3) is 4.76. The van der Waals surface area contributed by atoms with Crippen molar-refractivity contribution in [3.05, 3.63) is 27.9 Å². The number of esters is 1. The predicted octanol–water partition coefficient (Wildman–Crippen LogP) is 0.987. The number of benzene rings is 1. The molecule has 1 heterocycles. The molecule has 1 saturated heterocycles. The van der Waals surface area contributed by atoms with Crippen molar-refractivity contribution >= 4 is 45.9 Å². The van der Waals surface area contributed by atoms with E-state index >= 15 is 0 Å². The van der Waals surface area contributed by atoms with Crippen LogP contribution >= 0.6 is 15.9 Å². The van der Waals surface area contributed by atoms with E-state index in [9.17, 15) is 19.2 Å². The molecule has 1 aliphatic rings. The first-order chi connectivity index (χ1) is 12.8. The van der Waals surface area contributed by atoms with E-state index in [0.29, 0.717) is 14.9 Å². The zero-order chi connectivity index (χ0) is 20.1. The van der Waals surface area contributed by atoms with Gasteiger partial charge in [-0.2, -0.15) is 0 Å². The molecule has 10 nitrogen and oxygen atoms in total. The summed E-state index contributed by atoms with van der Waals surface area (Å²) in [6, 6.07) is 2.22. The molecule has 27 heavy (non-hydrogen) atoms. The number of nitrogens with zero attached hydrogens (tertiary/aromatic N) is 1. The van der Waals surface area contributed by atoms with E-state index < -0.39 is 37.0 Å². The summed E-state index contributed by atoms with van der Waals surface area (Å²) in [6.45, 7) is -1.06. The second-order valence-corrected chi connectivity index (χ2v) is 6.02. The number of hydrogen-bond acceptors (Lipinski definition) is 7. The number of urea groups is 1. The van der Waals surface area contributed by atoms with Gasteiger partial charge in [-0.15, -0.1) is 0 Å². The molecule has 3 amide bonds. The van der Waals surface area contributed by atoms with E-state index in [2.05, 4.69) is 26.0 Å². The summed E-state index contributed by atoms with van der Waals surface area (Å²) in [5, 5.41) is 11.1. The Bertz CT molecular complexity index is 836. The van der Waals surface area contributed by atoms with Gasteiger partial charge < -0.3 is 24.6 Å². The van der Waals surface area contributed by atoms with Gasteiger partial charge in [0.05, 0.1) is 14.2 Å². The summed E-state index contributed by atoms with van der Waals surface area (Å²) >= 11 is 3.29. The highest BCUT2D eigenvalue weighted by Crippen LogP contribution is 2.34. The van der Waals surface area contributed by atoms with Crippen LogP contribution in [0.1, 0.15) is 5.56 Å². The zero-order valence-electron chi connectivity index (χ0n) is 14.3. The smallest absolute Gasteiger partial charge is 0.341 e. The molecule has 2 N–H and O–H groups in total. The first-order valence-corrected chi connectivity index (χ1v) is 8.19. The van der Waals surface area contributed by atoms with Crippen molar-refractivity contribution in [3.8, 4) is 11.5 Å². The molecule has 0 atom stereocenters. The third-order valence-corrected chi connectivity index (χ3v) is 4.10. The number of nitrogens with one attached hydrogen (secondary N) is 1. The fourth-order valence-corrected chi connectivity index (χ4v) is 2.57. The number of hydrogen-bond donors (Lipinski definition) is 2. The highest BCUT2D eigenvalue weighted by Gasteiger charge is 2.35. The Morgan fingerprint density at radius 3 is 2.56 bits per heavy atom. The second kappa shape index (κ2) is 8.54. The number of carbonyl (C=O) groups is 4. The number of imide groups is 1. The summed E-state index contributed by atoms with van der Waals surface area (Å²) in [7, 11) is 2.52. The fraction of sp³-hybridized carbons (Fsp3) is 0.250. The Morgan fingerprint density at radius 1 is 1.26 bits per heavy atom. The highest BCUT2D eigenvalue weighted by molar-refractivity contribution is 9.10. The SMILES string of the molecule is COC(=O)CN1C(=O)NC(=Cc2cc(OC)c(OCC(=O)O)cc2Br)C1=O. The Kier molecular flexibility index (Phi) is 6.40. The second-order valence-electron chi connectivity index (χ2n) is 5.16. The van der Waals surface area contributed by atoms with Gasteiger partial charge in [-0.1, -0.05) is 15.9 Å². The molecule has 2 rings (SSSR count). The lowest BCUT2D eigenvalue weighted by molar-refractivity contribution is -0.143. The van der Waals surface area contributed by atoms with E-state index in [1.165, 1.54) is 25.3 Å². The van der Waals surface area contributed by atoms with Crippen molar-refractivity contribution in [2.24, 2.45) is 0 Å². The maximum absolute atomic E-state index is 12.3. The number of carboxylic acids is 1. The fourth-order valence-electron chi connectivity index (χ4n) is 2.14. The Morgan fingerprint density at radius 2 is 1.96 bits per heavy atom. The van der Waals surface area contributed by atoms with Crippen molar-refractivity contribution in [3.63, 3.8) is 0 Å². The van der Waals surface area contributed by atoms with Gasteiger partial charge in [0, 0.05) is 4.47 Å². The average molecular weight is 443 g/mol. The van der Waals surface area contributed by atoms with Gasteiger partial charge in [-0.3, -0.25) is 9.59 Å². The summed E-state index contributed by atoms with van der Waals surface area (Å²) in [4.78, 5) is 46.9. The van der Waals surface area contributed by atoms with Gasteiger partial charge in [0.25, 0.3) is 5.91 Å². The van der Waals surface area contributed by atoms with Crippen LogP contribution in [-0.2, 0) is 19.1 Å². The Hall–Kier alpha value is -3.08. The van der Waals surface area contributed by atoms with Gasteiger partial charge >= 0.3 is 18.0 Å². The summed E-state index contributed by atoms with van der Waals surface area (Å²) in [5.41, 5.74) is 0.406. The van der Waals surface area contributed by atoms with Crippen LogP contribution in [0.4, 0.5) is 4.79 Å². The number of carboxylic acid groups (broad SMARTS) is 1. The molecule has 1 aliphatic heterocycles. The maximum Gasteiger partial charge on any atom is 0.341 e. The van der Waals surface area contributed by atoms with Crippen molar-refractivity contribution in [2.75, 3.05) is 27.4 Å². The van der Waals surface area contributed by atoms with E-state index in [-0.39, 0.29) is 17.2 Å². The van der Waals surface area contributed by atoms with Crippen molar-refractivity contribution in [1.29, 1.82) is 0 Å². The van der Waals surface area contributed by atoms with Crippen LogP contribution in [0.15, 0.2) is 22.3 Å². The number of halogens is 1. The third-order valence-electron chi connectivity index (χ3n) is 3.41. The molecule has 0 bridgehead atoms. The molecule has 0 aromatic heterocycles. The Balaban J connectivity index is 2.30. The molecule has 0 unspecified atom stereocenters. The summed E-state index contributed by atoms with van der Waals surface area (Å²) in [5.74, 6) is -2.16. The van der Waals surface area contributed by atoms with Crippen LogP contribution in [0.25, 0.3) is 6.08 Å². The molecule has 0 saturated carbocycles. The largest absolute Gasteiger partial charge is 0.493 e. The first-order valence-electron chi connectivity index (χ1n) is 7.40. The van der Waals surface area contributed by atoms with E-state index in [1.54, 1.807) is 0 Å². The van der Waals surface area contributed by atoms with Crippen LogP contribution in [0.5, 0.6) is 11.5 Å². The van der Waals surface area contributed by atoms with Gasteiger partial charge in [0.1, 0.15) is 12.2 Å². The zero-order valence-corrected chi connectivity index (χ0v) is 15.9. The maximum atomic E-state index is 12.3. The minimum absolute atomic E-state index is 0.0501. The van der Waals surface area contributed by atoms with E-state index in [4.69, 9.17) is 14.6 Å². The normalized spacial score (nSPS) is 14.9. The molecule has 1 aromatic carbocycles. The lowest BCUT2D eigenvalue weighted by atomic mass is 10.1. The van der Waals surface area contributed by atoms with Crippen LogP contribution in [0, 0.1) is 0 Å². The number of rotatable bonds is 7. The van der Waals surface area contributed by atoms with Crippen molar-refractivity contribution < 1.29 is 38.5 Å². The van der Waals surface area contributed by atoms with Crippen LogP contribution in [0.2, 0.25) is 0 Å². The number of amides is 3. The quantitative estimate of drug-likeness (QED) is 0.362. The average Bonchev–Trinajstić information content (AvgIpc) is 2.88. The highest BCUT2D eigenvalue weighted by atomic mass is 79.9. The summed E-state index contributed by atoms with van der Waals surface area (Å²) < 4.78 is 15.2. The van der Waals surface area contributed by atoms with E-state index in [0.717, 1.165) is 7.11 Å². The summed E-state index contributed by atoms with van der Waals surface area (Å²) in [6.07, 6.45) is 1.38. The number of carbonyl (C=O) groups excluding carboxylic acids is 3. The monoisotopic (exact) mass is 442 g/mol. The van der Waals surface area contributed by atoms with Crippen LogP contribution in [-0.4, -0.2) is 61.3 Å². The van der Waals surface area contributed by atoms with Gasteiger partial charge in [-0.25, -0.2) is 14.5 Å². The molecule has 0 spiro atoms. The number of methoxy groups -OCH3 is 2. The van der Waals surface area contributed by atoms with Gasteiger partial charge in [0.2, 0.25) is 0 Å². The molecule has 11 heteroatoms. The molecule has 144 valence electrons. The minimum atomic E-state index is -1.15. The standard InChI is InChI=1S/C16H15BrN2O8/c1-25-11-4-8(9(17)5-12(11)27-7-13(20)21)3-10-15(23)19(16(24)18-10)6-14(22)26-2/h3-5H,6-7H2,1-2H3,(H,18,24)(H,20,21). The van der Waals surface area contributed by atoms with E-state index in [1.807, 2.05) is 0 Å². The minimum Gasteiger partial charge on any atom is -0.493 e. The van der Waals surface area contributed by atoms with Gasteiger partial charge in [-0.05, 0) is 23.8 Å². The van der Waals surface area contributed by atoms with Crippen LogP contribution < -0.4 is 14.8 Å². The topological polar surface area (TPSA) is 131 Å². The molecule has 0 aliphatic carbocycles. The first kappa shape index (κ1) is 20.2. The van der Waals surface area contributed by atoms with Crippen molar-refractivity contribution in [2.45, 2.75) is 0 Å². The number of ether oxygens (including phenoxy) is 3. The lowest BCUT2D eigenvalue weighted by Gasteiger charge is -2.12. The van der Waals surface area contributed by atoms with Crippen molar-refractivity contribution in [1.82, 2.24) is 10.2 Å². The lowest BCUT2D eigenvalue weighted by Crippen LogP contribution is -2.36. The van der Waals surface area contributed by atoms with Crippen LogP contribution in [0.3, 0.4) is 0 Å². The van der Waals surface area contributed by atoms with Gasteiger partial charge in [0.15, 0.2) is 18.1 Å². The molecular weight excluding hydrogens is 428 g/mol. The molecule has 0 radical (unpaired) electrons. The molecular formula is C16H15BrN2O8. The predicted molar refractivity (Wildman–Crippen MR) is 94.1 cm³/mol.